The molecule has 5 heteroatoms. The number of thiophene rings is 1. The van der Waals surface area contributed by atoms with Crippen LogP contribution in [-0.4, -0.2) is 9.13 Å². The van der Waals surface area contributed by atoms with Crippen LogP contribution in [0.25, 0.3) is 10.2 Å². The normalized spacial score (nSPS) is 11.1. The highest BCUT2D eigenvalue weighted by molar-refractivity contribution is 7.18. The van der Waals surface area contributed by atoms with Gasteiger partial charge in [-0.05, 0) is 12.5 Å². The van der Waals surface area contributed by atoms with Crippen molar-refractivity contribution in [1.29, 1.82) is 0 Å². The third kappa shape index (κ3) is 1.34. The standard InChI is InChI=1S/C10H12N2O2S/c1-4-6-5-7-8(15-6)9(13)12(3)10(14)11(7)2/h5H,4H2,1-3H3. The van der Waals surface area contributed by atoms with Crippen molar-refractivity contribution < 1.29 is 0 Å². The minimum absolute atomic E-state index is 0.196. The zero-order valence-electron chi connectivity index (χ0n) is 8.90. The Kier molecular flexibility index (Phi) is 2.26. The van der Waals surface area contributed by atoms with Gasteiger partial charge < -0.3 is 0 Å². The van der Waals surface area contributed by atoms with E-state index in [1.165, 1.54) is 23.0 Å². The average Bonchev–Trinajstić information content (AvgIpc) is 2.67. The summed E-state index contributed by atoms with van der Waals surface area (Å²) in [6.07, 6.45) is 0.886. The molecule has 2 aromatic rings. The predicted octanol–water partition coefficient (Wildman–Crippen LogP) is 0.861. The number of aryl methyl sites for hydroxylation is 2. The van der Waals surface area contributed by atoms with Gasteiger partial charge in [0.15, 0.2) is 0 Å². The van der Waals surface area contributed by atoms with Crippen LogP contribution in [0, 0.1) is 0 Å². The largest absolute Gasteiger partial charge is 0.330 e. The maximum atomic E-state index is 11.8. The lowest BCUT2D eigenvalue weighted by Crippen LogP contribution is -2.36. The van der Waals surface area contributed by atoms with E-state index in [0.717, 1.165) is 21.4 Å². The van der Waals surface area contributed by atoms with E-state index in [2.05, 4.69) is 0 Å². The van der Waals surface area contributed by atoms with Crippen LogP contribution in [-0.2, 0) is 20.5 Å². The molecule has 0 N–H and O–H groups in total. The third-order valence-corrected chi connectivity index (χ3v) is 3.80. The lowest BCUT2D eigenvalue weighted by Gasteiger charge is -2.02. The molecular formula is C10H12N2O2S. The molecule has 2 heterocycles. The van der Waals surface area contributed by atoms with Gasteiger partial charge in [-0.25, -0.2) is 4.79 Å². The first-order valence-corrected chi connectivity index (χ1v) is 5.56. The van der Waals surface area contributed by atoms with Crippen molar-refractivity contribution >= 4 is 21.6 Å². The molecule has 0 aliphatic rings. The van der Waals surface area contributed by atoms with Gasteiger partial charge >= 0.3 is 5.69 Å². The van der Waals surface area contributed by atoms with Gasteiger partial charge in [-0.15, -0.1) is 11.3 Å². The molecule has 0 atom stereocenters. The van der Waals surface area contributed by atoms with Crippen molar-refractivity contribution in [3.05, 3.63) is 31.8 Å². The third-order valence-electron chi connectivity index (χ3n) is 2.55. The molecule has 2 aromatic heterocycles. The summed E-state index contributed by atoms with van der Waals surface area (Å²) in [4.78, 5) is 24.6. The van der Waals surface area contributed by atoms with Crippen LogP contribution >= 0.6 is 11.3 Å². The lowest BCUT2D eigenvalue weighted by molar-refractivity contribution is 0.715. The van der Waals surface area contributed by atoms with Crippen LogP contribution in [0.15, 0.2) is 15.7 Å². The Morgan fingerprint density at radius 3 is 2.53 bits per heavy atom. The summed E-state index contributed by atoms with van der Waals surface area (Å²) in [6.45, 7) is 2.04. The first kappa shape index (κ1) is 10.2. The molecule has 0 fully saturated rings. The van der Waals surface area contributed by atoms with Gasteiger partial charge in [0, 0.05) is 19.0 Å². The van der Waals surface area contributed by atoms with E-state index < -0.39 is 0 Å². The molecule has 15 heavy (non-hydrogen) atoms. The summed E-state index contributed by atoms with van der Waals surface area (Å²) in [6, 6.07) is 1.92. The van der Waals surface area contributed by atoms with Crippen LogP contribution in [0.4, 0.5) is 0 Å². The summed E-state index contributed by atoms with van der Waals surface area (Å²) in [5, 5.41) is 0. The van der Waals surface area contributed by atoms with Crippen molar-refractivity contribution in [2.75, 3.05) is 0 Å². The van der Waals surface area contributed by atoms with Gasteiger partial charge in [0.1, 0.15) is 4.70 Å². The average molecular weight is 224 g/mol. The smallest absolute Gasteiger partial charge is 0.295 e. The lowest BCUT2D eigenvalue weighted by atomic mass is 10.3. The van der Waals surface area contributed by atoms with Crippen LogP contribution in [0.3, 0.4) is 0 Å². The van der Waals surface area contributed by atoms with E-state index in [-0.39, 0.29) is 11.2 Å². The maximum Gasteiger partial charge on any atom is 0.330 e. The Balaban J connectivity index is 3.04. The quantitative estimate of drug-likeness (QED) is 0.721. The van der Waals surface area contributed by atoms with E-state index in [4.69, 9.17) is 0 Å². The summed E-state index contributed by atoms with van der Waals surface area (Å²) < 4.78 is 3.33. The first-order chi connectivity index (χ1) is 7.06. The zero-order chi connectivity index (χ0) is 11.2. The molecule has 0 aliphatic heterocycles. The number of aromatic nitrogens is 2. The molecule has 0 amide bonds. The Morgan fingerprint density at radius 2 is 1.93 bits per heavy atom. The second kappa shape index (κ2) is 3.34. The molecule has 0 saturated carbocycles. The Bertz CT molecular complexity index is 633. The zero-order valence-corrected chi connectivity index (χ0v) is 9.72. The highest BCUT2D eigenvalue weighted by atomic mass is 32.1. The van der Waals surface area contributed by atoms with Gasteiger partial charge in [0.25, 0.3) is 5.56 Å². The molecule has 0 spiro atoms. The molecule has 0 aliphatic carbocycles. The Labute approximate surface area is 90.4 Å². The monoisotopic (exact) mass is 224 g/mol. The molecule has 80 valence electrons. The van der Waals surface area contributed by atoms with Gasteiger partial charge in [0.2, 0.25) is 0 Å². The Hall–Kier alpha value is -1.36. The number of fused-ring (bicyclic) bond motifs is 1. The van der Waals surface area contributed by atoms with Gasteiger partial charge in [0.05, 0.1) is 5.52 Å². The predicted molar refractivity (Wildman–Crippen MR) is 61.7 cm³/mol. The first-order valence-electron chi connectivity index (χ1n) is 4.74. The highest BCUT2D eigenvalue weighted by Crippen LogP contribution is 2.21. The van der Waals surface area contributed by atoms with Crippen molar-refractivity contribution in [1.82, 2.24) is 9.13 Å². The summed E-state index contributed by atoms with van der Waals surface area (Å²) in [5.74, 6) is 0. The number of nitrogens with zero attached hydrogens (tertiary/aromatic N) is 2. The van der Waals surface area contributed by atoms with Crippen molar-refractivity contribution in [3.8, 4) is 0 Å². The Morgan fingerprint density at radius 1 is 1.27 bits per heavy atom. The van der Waals surface area contributed by atoms with E-state index in [0.29, 0.717) is 4.70 Å². The van der Waals surface area contributed by atoms with Crippen LogP contribution in [0.5, 0.6) is 0 Å². The van der Waals surface area contributed by atoms with Gasteiger partial charge in [-0.3, -0.25) is 13.9 Å². The van der Waals surface area contributed by atoms with Crippen LogP contribution < -0.4 is 11.2 Å². The second-order valence-electron chi connectivity index (χ2n) is 3.49. The minimum atomic E-state index is -0.270. The molecule has 2 rings (SSSR count). The number of hydrogen-bond acceptors (Lipinski definition) is 3. The van der Waals surface area contributed by atoms with E-state index in [1.807, 2.05) is 13.0 Å². The van der Waals surface area contributed by atoms with Gasteiger partial charge in [-0.2, -0.15) is 0 Å². The molecule has 0 radical (unpaired) electrons. The van der Waals surface area contributed by atoms with E-state index in [1.54, 1.807) is 7.05 Å². The fourth-order valence-electron chi connectivity index (χ4n) is 1.57. The number of rotatable bonds is 1. The molecule has 0 aromatic carbocycles. The van der Waals surface area contributed by atoms with Crippen LogP contribution in [0.1, 0.15) is 11.8 Å². The number of hydrogen-bond donors (Lipinski definition) is 0. The summed E-state index contributed by atoms with van der Waals surface area (Å²) >= 11 is 1.47. The van der Waals surface area contributed by atoms with Gasteiger partial charge in [-0.1, -0.05) is 6.92 Å². The summed E-state index contributed by atoms with van der Waals surface area (Å²) in [5.41, 5.74) is 0.274. The van der Waals surface area contributed by atoms with Crippen molar-refractivity contribution in [2.24, 2.45) is 14.1 Å². The minimum Gasteiger partial charge on any atom is -0.295 e. The summed E-state index contributed by atoms with van der Waals surface area (Å²) in [7, 11) is 3.20. The highest BCUT2D eigenvalue weighted by Gasteiger charge is 2.11. The van der Waals surface area contributed by atoms with Crippen molar-refractivity contribution in [2.45, 2.75) is 13.3 Å². The van der Waals surface area contributed by atoms with E-state index >= 15 is 0 Å². The molecule has 0 bridgehead atoms. The SMILES string of the molecule is CCc1cc2c(s1)c(=O)n(C)c(=O)n2C. The molecule has 0 unspecified atom stereocenters. The fourth-order valence-corrected chi connectivity index (χ4v) is 2.68. The molecule has 4 nitrogen and oxygen atoms in total. The fraction of sp³-hybridized carbons (Fsp3) is 0.400. The topological polar surface area (TPSA) is 44.0 Å². The maximum absolute atomic E-state index is 11.8. The van der Waals surface area contributed by atoms with Crippen LogP contribution in [0.2, 0.25) is 0 Å². The molecule has 0 saturated heterocycles. The van der Waals surface area contributed by atoms with Crippen molar-refractivity contribution in [3.63, 3.8) is 0 Å². The molecular weight excluding hydrogens is 212 g/mol. The second-order valence-corrected chi connectivity index (χ2v) is 4.62. The van der Waals surface area contributed by atoms with E-state index in [9.17, 15) is 9.59 Å².